The average molecular weight is 516 g/mol. The normalized spacial score (nSPS) is 17.3. The molecule has 0 aliphatic carbocycles. The number of hydrogen-bond acceptors (Lipinski definition) is 3. The third kappa shape index (κ3) is 8.17. The van der Waals surface area contributed by atoms with Crippen molar-refractivity contribution in [3.8, 4) is 0 Å². The molecule has 1 saturated heterocycles. The maximum absolute atomic E-state index is 6.04. The highest BCUT2D eigenvalue weighted by Gasteiger charge is 2.24. The van der Waals surface area contributed by atoms with E-state index in [1.54, 1.807) is 13.2 Å². The first-order valence-electron chi connectivity index (χ1n) is 8.59. The van der Waals surface area contributed by atoms with Gasteiger partial charge in [0, 0.05) is 49.8 Å². The van der Waals surface area contributed by atoms with Crippen LogP contribution in [0.25, 0.3) is 0 Å². The van der Waals surface area contributed by atoms with Gasteiger partial charge < -0.3 is 19.7 Å². The zero-order valence-corrected chi connectivity index (χ0v) is 19.2. The minimum Gasteiger partial charge on any atom is -0.382 e. The molecule has 1 fully saturated rings. The summed E-state index contributed by atoms with van der Waals surface area (Å²) >= 11 is 12.1. The summed E-state index contributed by atoms with van der Waals surface area (Å²) in [4.78, 5) is 6.69. The van der Waals surface area contributed by atoms with Crippen molar-refractivity contribution in [3.05, 3.63) is 33.8 Å². The van der Waals surface area contributed by atoms with Gasteiger partial charge in [-0.1, -0.05) is 23.2 Å². The molecule has 0 saturated carbocycles. The van der Waals surface area contributed by atoms with Crippen molar-refractivity contribution in [2.24, 2.45) is 10.9 Å². The van der Waals surface area contributed by atoms with Crippen LogP contribution in [0.15, 0.2) is 23.2 Å². The fourth-order valence-corrected chi connectivity index (χ4v) is 3.53. The zero-order chi connectivity index (χ0) is 18.1. The van der Waals surface area contributed by atoms with Crippen LogP contribution in [0, 0.1) is 5.92 Å². The van der Waals surface area contributed by atoms with Gasteiger partial charge in [0.15, 0.2) is 5.96 Å². The first-order chi connectivity index (χ1) is 12.1. The number of aliphatic imine (C=N–C) groups is 1. The number of ether oxygens (including phenoxy) is 2. The third-order valence-electron chi connectivity index (χ3n) is 4.20. The summed E-state index contributed by atoms with van der Waals surface area (Å²) in [6, 6.07) is 5.64. The van der Waals surface area contributed by atoms with Gasteiger partial charge in [-0.15, -0.1) is 24.0 Å². The second kappa shape index (κ2) is 13.0. The molecule has 0 bridgehead atoms. The Morgan fingerprint density at radius 2 is 2.00 bits per heavy atom. The maximum Gasteiger partial charge on any atom is 0.193 e. The van der Waals surface area contributed by atoms with Crippen molar-refractivity contribution in [2.45, 2.75) is 12.8 Å². The van der Waals surface area contributed by atoms with Crippen molar-refractivity contribution < 1.29 is 9.47 Å². The number of methoxy groups -OCH3 is 1. The summed E-state index contributed by atoms with van der Waals surface area (Å²) in [6.07, 6.45) is 1.97. The lowest BCUT2D eigenvalue weighted by atomic mass is 10.1. The Hall–Kier alpha value is -0.280. The molecule has 1 unspecified atom stereocenters. The Bertz CT molecular complexity index is 555. The number of halogens is 3. The van der Waals surface area contributed by atoms with Crippen LogP contribution in [0.1, 0.15) is 12.0 Å². The number of guanidine groups is 1. The maximum atomic E-state index is 6.04. The lowest BCUT2D eigenvalue weighted by Gasteiger charge is -2.21. The van der Waals surface area contributed by atoms with Crippen molar-refractivity contribution in [1.82, 2.24) is 10.2 Å². The number of rotatable bonds is 8. The van der Waals surface area contributed by atoms with Crippen LogP contribution in [0.5, 0.6) is 0 Å². The number of nitrogens with zero attached hydrogens (tertiary/aromatic N) is 2. The van der Waals surface area contributed by atoms with Crippen LogP contribution in [-0.2, 0) is 15.9 Å². The van der Waals surface area contributed by atoms with Gasteiger partial charge in [-0.3, -0.25) is 4.99 Å². The Morgan fingerprint density at radius 1 is 1.27 bits per heavy atom. The molecule has 1 aliphatic heterocycles. The van der Waals surface area contributed by atoms with Gasteiger partial charge in [-0.25, -0.2) is 0 Å². The molecule has 148 valence electrons. The molecule has 1 aliphatic rings. The molecule has 8 heteroatoms. The first kappa shape index (κ1) is 23.8. The molecule has 5 nitrogen and oxygen atoms in total. The highest BCUT2D eigenvalue weighted by atomic mass is 127. The van der Waals surface area contributed by atoms with Crippen LogP contribution in [0.2, 0.25) is 10.0 Å². The van der Waals surface area contributed by atoms with Crippen molar-refractivity contribution in [3.63, 3.8) is 0 Å². The third-order valence-corrected chi connectivity index (χ3v) is 4.64. The number of hydrogen-bond donors (Lipinski definition) is 1. The molecule has 1 aromatic carbocycles. The van der Waals surface area contributed by atoms with E-state index in [0.29, 0.717) is 29.2 Å². The molecule has 26 heavy (non-hydrogen) atoms. The summed E-state index contributed by atoms with van der Waals surface area (Å²) in [5, 5.41) is 4.76. The Labute approximate surface area is 183 Å². The Balaban J connectivity index is 0.00000338. The van der Waals surface area contributed by atoms with Crippen LogP contribution in [0.3, 0.4) is 0 Å². The molecule has 1 N–H and O–H groups in total. The van der Waals surface area contributed by atoms with Gasteiger partial charge in [0.1, 0.15) is 0 Å². The first-order valence-corrected chi connectivity index (χ1v) is 9.35. The number of likely N-dealkylation sites (tertiary alicyclic amines) is 1. The van der Waals surface area contributed by atoms with Gasteiger partial charge in [0.2, 0.25) is 0 Å². The van der Waals surface area contributed by atoms with E-state index in [1.807, 2.05) is 19.2 Å². The van der Waals surface area contributed by atoms with Crippen molar-refractivity contribution in [2.75, 3.05) is 53.6 Å². The molecule has 0 spiro atoms. The van der Waals surface area contributed by atoms with Gasteiger partial charge in [0.05, 0.1) is 19.8 Å². The minimum absolute atomic E-state index is 0. The summed E-state index contributed by atoms with van der Waals surface area (Å²) in [7, 11) is 3.51. The van der Waals surface area contributed by atoms with E-state index in [2.05, 4.69) is 15.2 Å². The minimum atomic E-state index is 0. The second-order valence-corrected chi connectivity index (χ2v) is 7.04. The highest BCUT2D eigenvalue weighted by molar-refractivity contribution is 14.0. The molecule has 1 heterocycles. The summed E-state index contributed by atoms with van der Waals surface area (Å²) < 4.78 is 10.6. The molecule has 1 aromatic rings. The van der Waals surface area contributed by atoms with E-state index in [-0.39, 0.29) is 24.0 Å². The van der Waals surface area contributed by atoms with E-state index >= 15 is 0 Å². The van der Waals surface area contributed by atoms with Crippen molar-refractivity contribution >= 4 is 53.1 Å². The monoisotopic (exact) mass is 515 g/mol. The topological polar surface area (TPSA) is 46.1 Å². The Morgan fingerprint density at radius 3 is 2.65 bits per heavy atom. The average Bonchev–Trinajstić information content (AvgIpc) is 3.03. The van der Waals surface area contributed by atoms with Gasteiger partial charge in [-0.05, 0) is 36.6 Å². The molecule has 2 rings (SSSR count). The van der Waals surface area contributed by atoms with Crippen molar-refractivity contribution in [1.29, 1.82) is 0 Å². The summed E-state index contributed by atoms with van der Waals surface area (Å²) in [6.45, 7) is 4.83. The largest absolute Gasteiger partial charge is 0.382 e. The van der Waals surface area contributed by atoms with Gasteiger partial charge in [-0.2, -0.15) is 0 Å². The second-order valence-electron chi connectivity index (χ2n) is 6.17. The van der Waals surface area contributed by atoms with Crippen LogP contribution >= 0.6 is 47.2 Å². The molecule has 1 atom stereocenters. The van der Waals surface area contributed by atoms with Crippen LogP contribution in [-0.4, -0.2) is 64.5 Å². The Kier molecular flexibility index (Phi) is 11.9. The molecule has 0 aromatic heterocycles. The zero-order valence-electron chi connectivity index (χ0n) is 15.3. The van der Waals surface area contributed by atoms with Gasteiger partial charge >= 0.3 is 0 Å². The fourth-order valence-electron chi connectivity index (χ4n) is 2.96. The number of benzene rings is 1. The lowest BCUT2D eigenvalue weighted by Crippen LogP contribution is -2.41. The van der Waals surface area contributed by atoms with E-state index in [1.165, 1.54) is 0 Å². The quantitative estimate of drug-likeness (QED) is 0.248. The standard InChI is InChI=1S/C18H27Cl2N3O2.HI/c1-21-18(22-5-3-14-9-16(19)11-17(20)10-14)23-6-4-15(12-23)13-25-8-7-24-2;/h9-11,15H,3-8,12-13H2,1-2H3,(H,21,22);1H. The predicted octanol–water partition coefficient (Wildman–Crippen LogP) is 3.71. The van der Waals surface area contributed by atoms with Crippen LogP contribution < -0.4 is 5.32 Å². The number of nitrogens with one attached hydrogen (secondary N) is 1. The lowest BCUT2D eigenvalue weighted by molar-refractivity contribution is 0.0536. The van der Waals surface area contributed by atoms with E-state index < -0.39 is 0 Å². The SMILES string of the molecule is CN=C(NCCc1cc(Cl)cc(Cl)c1)N1CCC(COCCOC)C1.I. The smallest absolute Gasteiger partial charge is 0.193 e. The summed E-state index contributed by atoms with van der Waals surface area (Å²) in [5.74, 6) is 1.48. The van der Waals surface area contributed by atoms with E-state index in [9.17, 15) is 0 Å². The highest BCUT2D eigenvalue weighted by Crippen LogP contribution is 2.19. The van der Waals surface area contributed by atoms with E-state index in [0.717, 1.165) is 50.6 Å². The van der Waals surface area contributed by atoms with Gasteiger partial charge in [0.25, 0.3) is 0 Å². The van der Waals surface area contributed by atoms with Crippen LogP contribution in [0.4, 0.5) is 0 Å². The molecular weight excluding hydrogens is 488 g/mol. The summed E-state index contributed by atoms with van der Waals surface area (Å²) in [5.41, 5.74) is 1.12. The fraction of sp³-hybridized carbons (Fsp3) is 0.611. The molecule has 0 amide bonds. The van der Waals surface area contributed by atoms with E-state index in [4.69, 9.17) is 32.7 Å². The predicted molar refractivity (Wildman–Crippen MR) is 119 cm³/mol. The molecule has 0 radical (unpaired) electrons. The molecular formula is C18H28Cl2IN3O2.